The van der Waals surface area contributed by atoms with Crippen LogP contribution in [-0.4, -0.2) is 12.5 Å². The number of halogens is 2. The van der Waals surface area contributed by atoms with Crippen molar-refractivity contribution in [3.63, 3.8) is 0 Å². The molecule has 0 aliphatic carbocycles. The molecule has 5 heteroatoms. The van der Waals surface area contributed by atoms with Gasteiger partial charge in [-0.2, -0.15) is 0 Å². The maximum absolute atomic E-state index is 13.0. The van der Waals surface area contributed by atoms with Gasteiger partial charge >= 0.3 is 0 Å². The minimum Gasteiger partial charge on any atom is -0.369 e. The van der Waals surface area contributed by atoms with Crippen molar-refractivity contribution in [1.82, 2.24) is 0 Å². The Balaban J connectivity index is 1.96. The van der Waals surface area contributed by atoms with Crippen LogP contribution < -0.4 is 10.6 Å². The van der Waals surface area contributed by atoms with E-state index < -0.39 is 0 Å². The molecule has 20 heavy (non-hydrogen) atoms. The predicted molar refractivity (Wildman–Crippen MR) is 79.6 cm³/mol. The molecule has 1 heterocycles. The average molecular weight is 290 g/mol. The number of rotatable bonds is 2. The van der Waals surface area contributed by atoms with Crippen LogP contribution in [0.1, 0.15) is 11.6 Å². The van der Waals surface area contributed by atoms with Gasteiger partial charge in [0.15, 0.2) is 5.96 Å². The first-order valence-corrected chi connectivity index (χ1v) is 6.63. The van der Waals surface area contributed by atoms with Crippen LogP contribution in [0.3, 0.4) is 0 Å². The van der Waals surface area contributed by atoms with E-state index in [2.05, 4.69) is 4.99 Å². The third-order valence-corrected chi connectivity index (χ3v) is 3.60. The van der Waals surface area contributed by atoms with E-state index in [-0.39, 0.29) is 11.9 Å². The molecule has 1 aliphatic rings. The van der Waals surface area contributed by atoms with Crippen LogP contribution in [-0.2, 0) is 0 Å². The maximum Gasteiger partial charge on any atom is 0.196 e. The normalized spacial score (nSPS) is 18.2. The molecule has 0 radical (unpaired) electrons. The number of guanidine groups is 1. The van der Waals surface area contributed by atoms with Crippen molar-refractivity contribution >= 4 is 23.2 Å². The standard InChI is InChI=1S/C15H13ClFN3/c16-11-3-1-10(2-4-11)14-9-19-15(18)20(14)13-7-5-12(17)6-8-13/h1-8,14H,9H2,(H2,18,19). The minimum absolute atomic E-state index is 0.0118. The second-order valence-corrected chi connectivity index (χ2v) is 5.05. The molecule has 2 aromatic rings. The molecule has 3 rings (SSSR count). The lowest BCUT2D eigenvalue weighted by atomic mass is 10.1. The number of anilines is 1. The predicted octanol–water partition coefficient (Wildman–Crippen LogP) is 3.36. The Kier molecular flexibility index (Phi) is 3.32. The topological polar surface area (TPSA) is 41.6 Å². The van der Waals surface area contributed by atoms with Gasteiger partial charge in [-0.05, 0) is 42.0 Å². The summed E-state index contributed by atoms with van der Waals surface area (Å²) in [6.07, 6.45) is 0. The molecule has 0 bridgehead atoms. The number of nitrogens with zero attached hydrogens (tertiary/aromatic N) is 2. The highest BCUT2D eigenvalue weighted by Crippen LogP contribution is 2.31. The second-order valence-electron chi connectivity index (χ2n) is 4.61. The van der Waals surface area contributed by atoms with Gasteiger partial charge in [-0.1, -0.05) is 23.7 Å². The van der Waals surface area contributed by atoms with Crippen molar-refractivity contribution in [3.05, 3.63) is 64.9 Å². The fourth-order valence-corrected chi connectivity index (χ4v) is 2.48. The number of hydrogen-bond acceptors (Lipinski definition) is 3. The highest BCUT2D eigenvalue weighted by molar-refractivity contribution is 6.30. The molecule has 3 nitrogen and oxygen atoms in total. The average Bonchev–Trinajstić information content (AvgIpc) is 2.83. The van der Waals surface area contributed by atoms with Gasteiger partial charge in [-0.3, -0.25) is 4.99 Å². The fraction of sp³-hybridized carbons (Fsp3) is 0.133. The molecule has 1 unspecified atom stereocenters. The maximum atomic E-state index is 13.0. The molecule has 2 N–H and O–H groups in total. The van der Waals surface area contributed by atoms with Crippen LogP contribution in [0, 0.1) is 5.82 Å². The van der Waals surface area contributed by atoms with E-state index in [1.165, 1.54) is 12.1 Å². The summed E-state index contributed by atoms with van der Waals surface area (Å²) in [5, 5.41) is 0.689. The zero-order chi connectivity index (χ0) is 14.1. The lowest BCUT2D eigenvalue weighted by Crippen LogP contribution is -2.36. The molecule has 0 fully saturated rings. The van der Waals surface area contributed by atoms with Crippen molar-refractivity contribution in [1.29, 1.82) is 0 Å². The van der Waals surface area contributed by atoms with Crippen LogP contribution in [0.25, 0.3) is 0 Å². The molecule has 0 aromatic heterocycles. The summed E-state index contributed by atoms with van der Waals surface area (Å²) in [5.74, 6) is 0.169. The minimum atomic E-state index is -0.272. The summed E-state index contributed by atoms with van der Waals surface area (Å²) < 4.78 is 13.0. The van der Waals surface area contributed by atoms with Crippen LogP contribution in [0.4, 0.5) is 10.1 Å². The smallest absolute Gasteiger partial charge is 0.196 e. The van der Waals surface area contributed by atoms with Gasteiger partial charge in [-0.25, -0.2) is 4.39 Å². The van der Waals surface area contributed by atoms with Gasteiger partial charge in [0.05, 0.1) is 12.6 Å². The fourth-order valence-electron chi connectivity index (χ4n) is 2.35. The summed E-state index contributed by atoms with van der Waals surface area (Å²) in [7, 11) is 0. The van der Waals surface area contributed by atoms with Crippen molar-refractivity contribution in [2.24, 2.45) is 10.7 Å². The van der Waals surface area contributed by atoms with Gasteiger partial charge in [-0.15, -0.1) is 0 Å². The van der Waals surface area contributed by atoms with Crippen LogP contribution in [0.15, 0.2) is 53.5 Å². The van der Waals surface area contributed by atoms with E-state index >= 15 is 0 Å². The highest BCUT2D eigenvalue weighted by atomic mass is 35.5. The Hall–Kier alpha value is -2.07. The number of benzene rings is 2. The Morgan fingerprint density at radius 1 is 1.10 bits per heavy atom. The molecule has 2 aromatic carbocycles. The van der Waals surface area contributed by atoms with Gasteiger partial charge in [0.2, 0.25) is 0 Å². The van der Waals surface area contributed by atoms with Gasteiger partial charge in [0, 0.05) is 10.7 Å². The summed E-state index contributed by atoms with van der Waals surface area (Å²) in [6.45, 7) is 0.574. The summed E-state index contributed by atoms with van der Waals surface area (Å²) >= 11 is 5.91. The van der Waals surface area contributed by atoms with E-state index in [9.17, 15) is 4.39 Å². The number of nitrogens with two attached hydrogens (primary N) is 1. The SMILES string of the molecule is NC1=NCC(c2ccc(Cl)cc2)N1c1ccc(F)cc1. The molecule has 0 saturated heterocycles. The molecule has 1 atom stereocenters. The number of hydrogen-bond donors (Lipinski definition) is 1. The Morgan fingerprint density at radius 3 is 2.40 bits per heavy atom. The zero-order valence-electron chi connectivity index (χ0n) is 10.6. The third-order valence-electron chi connectivity index (χ3n) is 3.34. The molecule has 1 aliphatic heterocycles. The highest BCUT2D eigenvalue weighted by Gasteiger charge is 2.28. The first-order valence-electron chi connectivity index (χ1n) is 6.25. The van der Waals surface area contributed by atoms with E-state index in [1.807, 2.05) is 29.2 Å². The molecular formula is C15H13ClFN3. The Morgan fingerprint density at radius 2 is 1.75 bits per heavy atom. The van der Waals surface area contributed by atoms with Gasteiger partial charge in [0.1, 0.15) is 5.82 Å². The molecule has 0 amide bonds. The van der Waals surface area contributed by atoms with Gasteiger partial charge in [0.25, 0.3) is 0 Å². The van der Waals surface area contributed by atoms with E-state index in [4.69, 9.17) is 17.3 Å². The van der Waals surface area contributed by atoms with E-state index in [1.54, 1.807) is 12.1 Å². The summed E-state index contributed by atoms with van der Waals surface area (Å²) in [4.78, 5) is 6.20. The van der Waals surface area contributed by atoms with Crippen molar-refractivity contribution in [2.75, 3.05) is 11.4 Å². The monoisotopic (exact) mass is 289 g/mol. The molecule has 0 saturated carbocycles. The Labute approximate surface area is 121 Å². The molecular weight excluding hydrogens is 277 g/mol. The van der Waals surface area contributed by atoms with Crippen molar-refractivity contribution in [3.8, 4) is 0 Å². The van der Waals surface area contributed by atoms with E-state index in [0.29, 0.717) is 17.5 Å². The first-order chi connectivity index (χ1) is 9.65. The first kappa shape index (κ1) is 12.9. The largest absolute Gasteiger partial charge is 0.369 e. The molecule has 0 spiro atoms. The zero-order valence-corrected chi connectivity index (χ0v) is 11.4. The third kappa shape index (κ3) is 2.34. The molecule has 102 valence electrons. The number of aliphatic imine (C=N–C) groups is 1. The summed E-state index contributed by atoms with van der Waals surface area (Å²) in [5.41, 5.74) is 7.86. The van der Waals surface area contributed by atoms with Crippen LogP contribution >= 0.6 is 11.6 Å². The lowest BCUT2D eigenvalue weighted by Gasteiger charge is -2.26. The van der Waals surface area contributed by atoms with Crippen molar-refractivity contribution in [2.45, 2.75) is 6.04 Å². The second kappa shape index (κ2) is 5.13. The summed E-state index contributed by atoms with van der Waals surface area (Å²) in [6, 6.07) is 13.8. The van der Waals surface area contributed by atoms with E-state index in [0.717, 1.165) is 11.3 Å². The van der Waals surface area contributed by atoms with Crippen molar-refractivity contribution < 1.29 is 4.39 Å². The van der Waals surface area contributed by atoms with Crippen LogP contribution in [0.5, 0.6) is 0 Å². The quantitative estimate of drug-likeness (QED) is 0.921. The lowest BCUT2D eigenvalue weighted by molar-refractivity contribution is 0.627. The van der Waals surface area contributed by atoms with Crippen LogP contribution in [0.2, 0.25) is 5.02 Å². The van der Waals surface area contributed by atoms with Gasteiger partial charge < -0.3 is 10.6 Å². The Bertz CT molecular complexity index is 637.